The number of carbonyl (C=O) groups is 1. The van der Waals surface area contributed by atoms with Crippen LogP contribution in [0.25, 0.3) is 0 Å². The second kappa shape index (κ2) is 7.21. The molecule has 1 heterocycles. The third-order valence-corrected chi connectivity index (χ3v) is 5.82. The molecule has 134 valence electrons. The van der Waals surface area contributed by atoms with Crippen LogP contribution in [-0.4, -0.2) is 57.0 Å². The lowest BCUT2D eigenvalue weighted by Crippen LogP contribution is -3.15. The molecule has 1 fully saturated rings. The van der Waals surface area contributed by atoms with Gasteiger partial charge in [0.05, 0.1) is 31.1 Å². The minimum absolute atomic E-state index is 0.243. The molecule has 0 saturated carbocycles. The molecule has 0 aliphatic carbocycles. The Labute approximate surface area is 144 Å². The molecule has 0 spiro atoms. The number of benzene rings is 1. The molecule has 0 atom stereocenters. The molecule has 0 radical (unpaired) electrons. The third kappa shape index (κ3) is 5.03. The van der Waals surface area contributed by atoms with E-state index < -0.39 is 15.6 Å². The van der Waals surface area contributed by atoms with Crippen LogP contribution in [0.5, 0.6) is 0 Å². The Kier molecular flexibility index (Phi) is 5.67. The Hall–Kier alpha value is -1.44. The molecule has 2 rings (SSSR count). The second-order valence-electron chi connectivity index (χ2n) is 7.23. The van der Waals surface area contributed by atoms with Crippen LogP contribution in [0.1, 0.15) is 26.3 Å². The van der Waals surface area contributed by atoms with Gasteiger partial charge in [0, 0.05) is 0 Å². The fourth-order valence-corrected chi connectivity index (χ4v) is 4.10. The van der Waals surface area contributed by atoms with Crippen molar-refractivity contribution in [3.05, 3.63) is 29.8 Å². The van der Waals surface area contributed by atoms with Crippen molar-refractivity contribution in [1.29, 1.82) is 0 Å². The maximum Gasteiger partial charge on any atom is 0.362 e. The van der Waals surface area contributed by atoms with E-state index in [1.54, 1.807) is 24.3 Å². The van der Waals surface area contributed by atoms with Gasteiger partial charge in [0.15, 0.2) is 6.54 Å². The van der Waals surface area contributed by atoms with Gasteiger partial charge in [0.25, 0.3) is 0 Å². The summed E-state index contributed by atoms with van der Waals surface area (Å²) in [6.45, 7) is 9.74. The molecule has 7 heteroatoms. The van der Waals surface area contributed by atoms with Crippen molar-refractivity contribution in [3.63, 3.8) is 0 Å². The topological polar surface area (TPSA) is 68.1 Å². The molecule has 1 saturated heterocycles. The predicted octanol–water partition coefficient (Wildman–Crippen LogP) is 0.226. The lowest BCUT2D eigenvalue weighted by atomic mass is 10.2. The van der Waals surface area contributed by atoms with Crippen LogP contribution in [0.15, 0.2) is 29.2 Å². The van der Waals surface area contributed by atoms with E-state index in [2.05, 4.69) is 0 Å². The van der Waals surface area contributed by atoms with Crippen molar-refractivity contribution in [1.82, 2.24) is 4.31 Å². The molecular weight excluding hydrogens is 328 g/mol. The van der Waals surface area contributed by atoms with E-state index in [0.717, 1.165) is 10.5 Å². The van der Waals surface area contributed by atoms with Gasteiger partial charge in [-0.15, -0.1) is 0 Å². The zero-order chi connectivity index (χ0) is 18.0. The molecule has 1 aliphatic heterocycles. The minimum atomic E-state index is -3.46. The number of sulfonamides is 1. The van der Waals surface area contributed by atoms with Crippen LogP contribution < -0.4 is 4.90 Å². The Balaban J connectivity index is 1.92. The monoisotopic (exact) mass is 355 g/mol. The zero-order valence-corrected chi connectivity index (χ0v) is 15.6. The van der Waals surface area contributed by atoms with Gasteiger partial charge in [0.1, 0.15) is 5.60 Å². The van der Waals surface area contributed by atoms with Gasteiger partial charge in [-0.25, -0.2) is 13.2 Å². The smallest absolute Gasteiger partial charge is 0.362 e. The van der Waals surface area contributed by atoms with Crippen LogP contribution in [0.4, 0.5) is 0 Å². The van der Waals surface area contributed by atoms with E-state index in [9.17, 15) is 13.2 Å². The molecule has 6 nitrogen and oxygen atoms in total. The van der Waals surface area contributed by atoms with E-state index in [1.807, 2.05) is 27.7 Å². The second-order valence-corrected chi connectivity index (χ2v) is 9.17. The van der Waals surface area contributed by atoms with Crippen molar-refractivity contribution in [2.24, 2.45) is 0 Å². The van der Waals surface area contributed by atoms with Crippen molar-refractivity contribution in [3.8, 4) is 0 Å². The minimum Gasteiger partial charge on any atom is -0.456 e. The number of aryl methyl sites for hydroxylation is 1. The maximum absolute atomic E-state index is 12.6. The number of nitrogens with zero attached hydrogens (tertiary/aromatic N) is 1. The number of ether oxygens (including phenoxy) is 1. The molecule has 0 amide bonds. The number of nitrogens with one attached hydrogen (secondary N) is 1. The van der Waals surface area contributed by atoms with Gasteiger partial charge in [-0.05, 0) is 39.8 Å². The standard InChI is InChI=1S/C17H26N2O4S/c1-14-5-7-15(8-6-14)24(21,22)19-11-9-18(10-12-19)13-16(20)23-17(2,3)4/h5-8H,9-13H2,1-4H3/p+1. The van der Waals surface area contributed by atoms with E-state index in [-0.39, 0.29) is 12.5 Å². The van der Waals surface area contributed by atoms with Crippen LogP contribution >= 0.6 is 0 Å². The van der Waals surface area contributed by atoms with E-state index in [4.69, 9.17) is 4.74 Å². The summed E-state index contributed by atoms with van der Waals surface area (Å²) < 4.78 is 32.1. The number of carbonyl (C=O) groups excluding carboxylic acids is 1. The van der Waals surface area contributed by atoms with E-state index >= 15 is 0 Å². The van der Waals surface area contributed by atoms with E-state index in [0.29, 0.717) is 31.1 Å². The predicted molar refractivity (Wildman–Crippen MR) is 91.3 cm³/mol. The van der Waals surface area contributed by atoms with Gasteiger partial charge in [-0.2, -0.15) is 4.31 Å². The Morgan fingerprint density at radius 1 is 1.17 bits per heavy atom. The lowest BCUT2D eigenvalue weighted by Gasteiger charge is -2.31. The maximum atomic E-state index is 12.6. The lowest BCUT2D eigenvalue weighted by molar-refractivity contribution is -0.896. The van der Waals surface area contributed by atoms with Crippen LogP contribution in [0, 0.1) is 6.92 Å². The summed E-state index contributed by atoms with van der Waals surface area (Å²) in [5.41, 5.74) is 0.535. The highest BCUT2D eigenvalue weighted by Gasteiger charge is 2.31. The molecule has 1 aromatic rings. The number of piperazine rings is 1. The summed E-state index contributed by atoms with van der Waals surface area (Å²) in [4.78, 5) is 13.3. The molecule has 0 unspecified atom stereocenters. The normalized spacial score (nSPS) is 17.7. The van der Waals surface area contributed by atoms with Gasteiger partial charge >= 0.3 is 5.97 Å². The fraction of sp³-hybridized carbons (Fsp3) is 0.588. The van der Waals surface area contributed by atoms with Gasteiger partial charge in [-0.3, -0.25) is 0 Å². The highest BCUT2D eigenvalue weighted by atomic mass is 32.2. The Bertz CT molecular complexity index is 670. The van der Waals surface area contributed by atoms with Gasteiger partial charge in [0.2, 0.25) is 10.0 Å². The summed E-state index contributed by atoms with van der Waals surface area (Å²) in [6.07, 6.45) is 0. The third-order valence-electron chi connectivity index (χ3n) is 3.90. The number of hydrogen-bond acceptors (Lipinski definition) is 4. The van der Waals surface area contributed by atoms with Gasteiger partial charge in [-0.1, -0.05) is 17.7 Å². The number of rotatable bonds is 4. The summed E-state index contributed by atoms with van der Waals surface area (Å²) >= 11 is 0. The van der Waals surface area contributed by atoms with Crippen molar-refractivity contribution in [2.75, 3.05) is 32.7 Å². The van der Waals surface area contributed by atoms with Crippen LogP contribution in [-0.2, 0) is 19.6 Å². The van der Waals surface area contributed by atoms with E-state index in [1.165, 1.54) is 4.31 Å². The summed E-state index contributed by atoms with van der Waals surface area (Å²) in [5, 5.41) is 0. The average molecular weight is 355 g/mol. The Morgan fingerprint density at radius 2 is 1.71 bits per heavy atom. The van der Waals surface area contributed by atoms with Crippen molar-refractivity contribution in [2.45, 2.75) is 38.2 Å². The first kappa shape index (κ1) is 18.9. The zero-order valence-electron chi connectivity index (χ0n) is 14.8. The first-order valence-corrected chi connectivity index (χ1v) is 9.64. The van der Waals surface area contributed by atoms with Gasteiger partial charge < -0.3 is 9.64 Å². The Morgan fingerprint density at radius 3 is 2.21 bits per heavy atom. The highest BCUT2D eigenvalue weighted by molar-refractivity contribution is 7.89. The molecule has 24 heavy (non-hydrogen) atoms. The SMILES string of the molecule is Cc1ccc(S(=O)(=O)N2CC[NH+](CC(=O)OC(C)(C)C)CC2)cc1. The van der Waals surface area contributed by atoms with Crippen molar-refractivity contribution >= 4 is 16.0 Å². The molecule has 0 bridgehead atoms. The highest BCUT2D eigenvalue weighted by Crippen LogP contribution is 2.16. The first-order valence-electron chi connectivity index (χ1n) is 8.20. The molecular formula is C17H27N2O4S+. The first-order chi connectivity index (χ1) is 11.1. The quantitative estimate of drug-likeness (QED) is 0.785. The largest absolute Gasteiger partial charge is 0.456 e. The molecule has 1 N–H and O–H groups in total. The summed E-state index contributed by atoms with van der Waals surface area (Å²) in [6, 6.07) is 6.89. The number of hydrogen-bond donors (Lipinski definition) is 1. The van der Waals surface area contributed by atoms with Crippen molar-refractivity contribution < 1.29 is 22.8 Å². The summed E-state index contributed by atoms with van der Waals surface area (Å²) in [7, 11) is -3.46. The van der Waals surface area contributed by atoms with Crippen LogP contribution in [0.3, 0.4) is 0 Å². The number of quaternary nitrogens is 1. The molecule has 1 aromatic carbocycles. The molecule has 1 aliphatic rings. The molecule has 0 aromatic heterocycles. The average Bonchev–Trinajstić information content (AvgIpc) is 2.46. The summed E-state index contributed by atoms with van der Waals surface area (Å²) in [5.74, 6) is -0.243. The van der Waals surface area contributed by atoms with Crippen LogP contribution in [0.2, 0.25) is 0 Å². The number of esters is 1. The fourth-order valence-electron chi connectivity index (χ4n) is 2.66.